The Hall–Kier alpha value is -1.22. The number of hydrogen-bond acceptors (Lipinski definition) is 0. The van der Waals surface area contributed by atoms with E-state index in [1.165, 1.54) is 0 Å². The first-order valence-corrected chi connectivity index (χ1v) is 5.25. The van der Waals surface area contributed by atoms with E-state index in [4.69, 9.17) is 0 Å². The van der Waals surface area contributed by atoms with Gasteiger partial charge in [-0.25, -0.2) is 0 Å². The Labute approximate surface area is 105 Å². The maximum absolute atomic E-state index is 2.68. The Morgan fingerprint density at radius 2 is 0.625 bits per heavy atom. The van der Waals surface area contributed by atoms with Crippen LogP contribution in [0.25, 0.3) is 0 Å². The Kier molecular flexibility index (Phi) is 89.8. The SMILES string of the molecule is C.C.CC.CC.CC#CC.c1ccccc1. The Balaban J connectivity index is -0.0000000364. The highest BCUT2D eigenvalue weighted by Gasteiger charge is 1.57. The summed E-state index contributed by atoms with van der Waals surface area (Å²) in [6.45, 7) is 11.6. The summed E-state index contributed by atoms with van der Waals surface area (Å²) in [4.78, 5) is 0. The van der Waals surface area contributed by atoms with Crippen LogP contribution in [0.15, 0.2) is 36.4 Å². The Morgan fingerprint density at radius 1 is 0.500 bits per heavy atom. The predicted octanol–water partition coefficient (Wildman–Crippen LogP) is 6.04. The summed E-state index contributed by atoms with van der Waals surface area (Å²) in [6.07, 6.45) is 0. The number of benzene rings is 1. The molecule has 0 bridgehead atoms. The second-order valence-electron chi connectivity index (χ2n) is 1.65. The first-order valence-electron chi connectivity index (χ1n) is 5.25. The van der Waals surface area contributed by atoms with Gasteiger partial charge in [0.25, 0.3) is 0 Å². The van der Waals surface area contributed by atoms with E-state index in [2.05, 4.69) is 11.8 Å². The van der Waals surface area contributed by atoms with Crippen LogP contribution in [0.2, 0.25) is 0 Å². The van der Waals surface area contributed by atoms with Crippen molar-refractivity contribution in [3.05, 3.63) is 36.4 Å². The molecule has 0 heterocycles. The lowest BCUT2D eigenvalue weighted by Gasteiger charge is -1.69. The lowest BCUT2D eigenvalue weighted by atomic mass is 10.4. The van der Waals surface area contributed by atoms with Gasteiger partial charge in [0.05, 0.1) is 0 Å². The minimum absolute atomic E-state index is 0. The molecule has 1 aromatic rings. The highest BCUT2D eigenvalue weighted by atomic mass is 13.6. The third kappa shape index (κ3) is 53.1. The molecule has 0 aliphatic carbocycles. The van der Waals surface area contributed by atoms with Crippen LogP contribution in [-0.2, 0) is 0 Å². The summed E-state index contributed by atoms with van der Waals surface area (Å²) >= 11 is 0. The van der Waals surface area contributed by atoms with E-state index in [9.17, 15) is 0 Å². The average Bonchev–Trinajstić information content (AvgIpc) is 2.36. The third-order valence-corrected chi connectivity index (χ3v) is 0.917. The Morgan fingerprint density at radius 3 is 0.688 bits per heavy atom. The van der Waals surface area contributed by atoms with E-state index in [1.54, 1.807) is 0 Å². The van der Waals surface area contributed by atoms with Gasteiger partial charge in [-0.3, -0.25) is 0 Å². The molecule has 0 N–H and O–H groups in total. The first kappa shape index (κ1) is 29.3. The molecule has 0 fully saturated rings. The number of rotatable bonds is 0. The van der Waals surface area contributed by atoms with Crippen molar-refractivity contribution >= 4 is 0 Å². The summed E-state index contributed by atoms with van der Waals surface area (Å²) in [5.41, 5.74) is 0. The molecule has 0 spiro atoms. The molecular weight excluding hydrogens is 192 g/mol. The van der Waals surface area contributed by atoms with Crippen LogP contribution >= 0.6 is 0 Å². The maximum atomic E-state index is 2.68. The van der Waals surface area contributed by atoms with Gasteiger partial charge in [0.1, 0.15) is 0 Å². The van der Waals surface area contributed by atoms with Crippen LogP contribution < -0.4 is 0 Å². The van der Waals surface area contributed by atoms with Crippen LogP contribution in [0.1, 0.15) is 56.4 Å². The second kappa shape index (κ2) is 49.0. The van der Waals surface area contributed by atoms with Gasteiger partial charge in [-0.15, -0.1) is 11.8 Å². The zero-order chi connectivity index (χ0) is 11.7. The van der Waals surface area contributed by atoms with Crippen LogP contribution in [0.3, 0.4) is 0 Å². The summed E-state index contributed by atoms with van der Waals surface area (Å²) in [6, 6.07) is 12.0. The van der Waals surface area contributed by atoms with Gasteiger partial charge in [-0.2, -0.15) is 0 Å². The summed E-state index contributed by atoms with van der Waals surface area (Å²) < 4.78 is 0. The van der Waals surface area contributed by atoms with Crippen LogP contribution in [0.4, 0.5) is 0 Å². The molecule has 16 heavy (non-hydrogen) atoms. The largest absolute Gasteiger partial charge is 0.107 e. The van der Waals surface area contributed by atoms with Gasteiger partial charge in [-0.1, -0.05) is 78.9 Å². The molecular formula is C16H32. The zero-order valence-corrected chi connectivity index (χ0v) is 10.5. The predicted molar refractivity (Wildman–Crippen MR) is 81.7 cm³/mol. The molecule has 0 nitrogen and oxygen atoms in total. The maximum Gasteiger partial charge on any atom is -0.00271 e. The number of hydrogen-bond donors (Lipinski definition) is 0. The molecule has 1 rings (SSSR count). The van der Waals surface area contributed by atoms with Gasteiger partial charge < -0.3 is 0 Å². The lowest BCUT2D eigenvalue weighted by molar-refractivity contribution is 1.50. The molecule has 0 aliphatic rings. The minimum atomic E-state index is 0. The fourth-order valence-electron chi connectivity index (χ4n) is 0.385. The van der Waals surface area contributed by atoms with Gasteiger partial charge in [0, 0.05) is 0 Å². The normalized spacial score (nSPS) is 4.62. The molecule has 0 saturated carbocycles. The fraction of sp³-hybridized carbons (Fsp3) is 0.500. The first-order chi connectivity index (χ1) is 6.91. The van der Waals surface area contributed by atoms with Crippen molar-refractivity contribution < 1.29 is 0 Å². The molecule has 0 radical (unpaired) electrons. The fourth-order valence-corrected chi connectivity index (χ4v) is 0.385. The van der Waals surface area contributed by atoms with E-state index < -0.39 is 0 Å². The van der Waals surface area contributed by atoms with E-state index >= 15 is 0 Å². The Bertz CT molecular complexity index is 156. The molecule has 0 unspecified atom stereocenters. The summed E-state index contributed by atoms with van der Waals surface area (Å²) in [7, 11) is 0. The molecule has 0 amide bonds. The highest BCUT2D eigenvalue weighted by molar-refractivity contribution is 4.99. The monoisotopic (exact) mass is 224 g/mol. The van der Waals surface area contributed by atoms with Crippen molar-refractivity contribution in [1.29, 1.82) is 0 Å². The van der Waals surface area contributed by atoms with Crippen molar-refractivity contribution in [2.75, 3.05) is 0 Å². The molecule has 96 valence electrons. The molecule has 0 atom stereocenters. The van der Waals surface area contributed by atoms with Gasteiger partial charge in [0.15, 0.2) is 0 Å². The van der Waals surface area contributed by atoms with Gasteiger partial charge >= 0.3 is 0 Å². The third-order valence-electron chi connectivity index (χ3n) is 0.917. The van der Waals surface area contributed by atoms with Crippen molar-refractivity contribution in [1.82, 2.24) is 0 Å². The van der Waals surface area contributed by atoms with Crippen molar-refractivity contribution in [2.45, 2.75) is 56.4 Å². The van der Waals surface area contributed by atoms with Crippen LogP contribution in [0.5, 0.6) is 0 Å². The average molecular weight is 224 g/mol. The van der Waals surface area contributed by atoms with E-state index in [0.29, 0.717) is 0 Å². The van der Waals surface area contributed by atoms with Crippen LogP contribution in [-0.4, -0.2) is 0 Å². The molecule has 0 heteroatoms. The van der Waals surface area contributed by atoms with Gasteiger partial charge in [0.2, 0.25) is 0 Å². The molecule has 0 saturated heterocycles. The minimum Gasteiger partial charge on any atom is -0.107 e. The van der Waals surface area contributed by atoms with E-state index in [-0.39, 0.29) is 14.9 Å². The lowest BCUT2D eigenvalue weighted by Crippen LogP contribution is -1.47. The molecule has 1 aromatic carbocycles. The highest BCUT2D eigenvalue weighted by Crippen LogP contribution is 1.79. The summed E-state index contributed by atoms with van der Waals surface area (Å²) in [5, 5.41) is 0. The second-order valence-corrected chi connectivity index (χ2v) is 1.65. The quantitative estimate of drug-likeness (QED) is 0.471. The molecule has 0 aromatic heterocycles. The zero-order valence-electron chi connectivity index (χ0n) is 10.5. The van der Waals surface area contributed by atoms with Crippen molar-refractivity contribution in [3.63, 3.8) is 0 Å². The van der Waals surface area contributed by atoms with Crippen molar-refractivity contribution in [3.8, 4) is 11.8 Å². The van der Waals surface area contributed by atoms with E-state index in [1.807, 2.05) is 77.9 Å². The molecule has 0 aliphatic heterocycles. The summed E-state index contributed by atoms with van der Waals surface area (Å²) in [5.74, 6) is 5.36. The van der Waals surface area contributed by atoms with Crippen LogP contribution in [0, 0.1) is 11.8 Å². The van der Waals surface area contributed by atoms with Crippen molar-refractivity contribution in [2.24, 2.45) is 0 Å². The standard InChI is InChI=1S/C6H6.C4H6.2C2H6.2CH4/c1-2-4-6-5-3-1;1-3-4-2;2*1-2;;/h1-6H;1-2H3;2*1-2H3;2*1H4. The topological polar surface area (TPSA) is 0 Å². The van der Waals surface area contributed by atoms with Gasteiger partial charge in [-0.05, 0) is 13.8 Å². The van der Waals surface area contributed by atoms with E-state index in [0.717, 1.165) is 0 Å². The smallest absolute Gasteiger partial charge is 0.00271 e.